The van der Waals surface area contributed by atoms with Gasteiger partial charge in [0.15, 0.2) is 5.69 Å². The first-order valence-corrected chi connectivity index (χ1v) is 6.45. The molecule has 0 unspecified atom stereocenters. The molecular weight excluding hydrogens is 317 g/mol. The summed E-state index contributed by atoms with van der Waals surface area (Å²) < 4.78 is 0.532. The maximum atomic E-state index is 12.0. The first-order valence-electron chi connectivity index (χ1n) is 5.53. The van der Waals surface area contributed by atoms with Crippen LogP contribution in [0.3, 0.4) is 0 Å². The van der Waals surface area contributed by atoms with Crippen molar-refractivity contribution >= 4 is 29.1 Å². The van der Waals surface area contributed by atoms with Crippen LogP contribution in [0.1, 0.15) is 21.7 Å². The predicted octanol–water partition coefficient (Wildman–Crippen LogP) is 1.52. The minimum atomic E-state index is -0.695. The molecule has 0 aliphatic heterocycles. The Balaban J connectivity index is 2.53. The third-order valence-electron chi connectivity index (χ3n) is 2.38. The highest BCUT2D eigenvalue weighted by Gasteiger charge is 2.10. The fourth-order valence-corrected chi connectivity index (χ4v) is 1.68. The van der Waals surface area contributed by atoms with E-state index >= 15 is 0 Å². The van der Waals surface area contributed by atoms with Crippen LogP contribution in [-0.2, 0) is 5.88 Å². The third-order valence-corrected chi connectivity index (χ3v) is 2.88. The summed E-state index contributed by atoms with van der Waals surface area (Å²) in [6.07, 6.45) is 2.41. The lowest BCUT2D eigenvalue weighted by atomic mass is 10.3. The van der Waals surface area contributed by atoms with Crippen molar-refractivity contribution in [3.05, 3.63) is 52.1 Å². The Morgan fingerprint density at radius 2 is 2.29 bits per heavy atom. The van der Waals surface area contributed by atoms with Crippen LogP contribution >= 0.6 is 23.2 Å². The van der Waals surface area contributed by atoms with Crippen molar-refractivity contribution in [1.29, 1.82) is 5.26 Å². The number of amides is 1. The lowest BCUT2D eigenvalue weighted by Crippen LogP contribution is -2.26. The molecule has 7 nitrogen and oxygen atoms in total. The molecule has 0 aliphatic rings. The average Bonchev–Trinajstić information content (AvgIpc) is 2.49. The van der Waals surface area contributed by atoms with Gasteiger partial charge < -0.3 is 5.21 Å². The van der Waals surface area contributed by atoms with E-state index in [1.165, 1.54) is 24.5 Å². The molecule has 1 amide bonds. The predicted molar refractivity (Wildman–Crippen MR) is 72.8 cm³/mol. The van der Waals surface area contributed by atoms with Crippen LogP contribution in [0.5, 0.6) is 0 Å². The number of carbonyl (C=O) groups is 1. The van der Waals surface area contributed by atoms with E-state index in [9.17, 15) is 10.0 Å². The number of nitrogens with zero attached hydrogens (tertiary/aromatic N) is 5. The Morgan fingerprint density at radius 1 is 1.52 bits per heavy atom. The number of aromatic nitrogens is 3. The summed E-state index contributed by atoms with van der Waals surface area (Å²) in [7, 11) is 0. The van der Waals surface area contributed by atoms with E-state index in [1.807, 2.05) is 0 Å². The lowest BCUT2D eigenvalue weighted by molar-refractivity contribution is 0.0986. The highest BCUT2D eigenvalue weighted by Crippen LogP contribution is 2.06. The molecule has 2 rings (SSSR count). The zero-order chi connectivity index (χ0) is 15.4. The molecule has 0 aromatic carbocycles. The van der Waals surface area contributed by atoms with Crippen molar-refractivity contribution < 1.29 is 10.0 Å². The molecule has 0 spiro atoms. The SMILES string of the molecule is N#Cc1nc(CCl)cn(O)c1=NC(=O)c1ccc(Cl)nc1. The van der Waals surface area contributed by atoms with E-state index in [0.29, 0.717) is 4.73 Å². The summed E-state index contributed by atoms with van der Waals surface area (Å²) in [5, 5.41) is 19.0. The van der Waals surface area contributed by atoms with Crippen LogP contribution in [0.2, 0.25) is 5.15 Å². The molecule has 0 radical (unpaired) electrons. The highest BCUT2D eigenvalue weighted by atomic mass is 35.5. The molecule has 2 aromatic rings. The number of nitriles is 1. The topological polar surface area (TPSA) is 104 Å². The van der Waals surface area contributed by atoms with E-state index in [1.54, 1.807) is 6.07 Å². The minimum Gasteiger partial charge on any atom is -0.427 e. The normalized spacial score (nSPS) is 11.2. The molecule has 0 aliphatic carbocycles. The van der Waals surface area contributed by atoms with Crippen molar-refractivity contribution in [1.82, 2.24) is 14.7 Å². The Bertz CT molecular complexity index is 793. The van der Waals surface area contributed by atoms with Crippen LogP contribution in [0.15, 0.2) is 29.5 Å². The first-order chi connectivity index (χ1) is 10.0. The van der Waals surface area contributed by atoms with E-state index < -0.39 is 5.91 Å². The summed E-state index contributed by atoms with van der Waals surface area (Å²) in [5.41, 5.74) is -0.0720. The fraction of sp³-hybridized carbons (Fsp3) is 0.0833. The zero-order valence-electron chi connectivity index (χ0n) is 10.4. The number of halogens is 2. The number of rotatable bonds is 2. The van der Waals surface area contributed by atoms with Crippen LogP contribution in [0.25, 0.3) is 0 Å². The Kier molecular flexibility index (Phi) is 4.52. The van der Waals surface area contributed by atoms with E-state index in [-0.39, 0.29) is 33.5 Å². The van der Waals surface area contributed by atoms with Gasteiger partial charge in [-0.15, -0.1) is 11.6 Å². The van der Waals surface area contributed by atoms with Gasteiger partial charge in [0.05, 0.1) is 23.3 Å². The van der Waals surface area contributed by atoms with E-state index in [4.69, 9.17) is 28.5 Å². The van der Waals surface area contributed by atoms with Gasteiger partial charge in [-0.2, -0.15) is 15.0 Å². The maximum absolute atomic E-state index is 12.0. The van der Waals surface area contributed by atoms with Gasteiger partial charge in [0.1, 0.15) is 11.2 Å². The molecule has 1 N–H and O–H groups in total. The molecule has 106 valence electrons. The summed E-state index contributed by atoms with van der Waals surface area (Å²) in [4.78, 5) is 23.3. The summed E-state index contributed by atoms with van der Waals surface area (Å²) in [6.45, 7) is 0. The molecule has 9 heteroatoms. The van der Waals surface area contributed by atoms with Gasteiger partial charge >= 0.3 is 0 Å². The van der Waals surface area contributed by atoms with Gasteiger partial charge in [-0.05, 0) is 12.1 Å². The third kappa shape index (κ3) is 3.37. The molecule has 21 heavy (non-hydrogen) atoms. The Hall–Kier alpha value is -2.43. The number of carbonyl (C=O) groups excluding carboxylic acids is 1. The van der Waals surface area contributed by atoms with Crippen molar-refractivity contribution in [2.24, 2.45) is 4.99 Å². The van der Waals surface area contributed by atoms with Gasteiger partial charge in [-0.1, -0.05) is 11.6 Å². The molecule has 0 saturated carbocycles. The van der Waals surface area contributed by atoms with Crippen molar-refractivity contribution in [2.75, 3.05) is 0 Å². The number of pyridine rings is 1. The average molecular weight is 324 g/mol. The van der Waals surface area contributed by atoms with Gasteiger partial charge in [0.25, 0.3) is 5.91 Å². The van der Waals surface area contributed by atoms with Crippen LogP contribution in [-0.4, -0.2) is 25.8 Å². The summed E-state index contributed by atoms with van der Waals surface area (Å²) in [5.74, 6) is -0.691. The fourth-order valence-electron chi connectivity index (χ4n) is 1.44. The van der Waals surface area contributed by atoms with Crippen LogP contribution in [0.4, 0.5) is 0 Å². The smallest absolute Gasteiger partial charge is 0.280 e. The van der Waals surface area contributed by atoms with Crippen molar-refractivity contribution in [3.8, 4) is 6.07 Å². The summed E-state index contributed by atoms with van der Waals surface area (Å²) >= 11 is 11.2. The van der Waals surface area contributed by atoms with Crippen molar-refractivity contribution in [3.63, 3.8) is 0 Å². The van der Waals surface area contributed by atoms with E-state index in [0.717, 1.165) is 0 Å². The number of hydrogen-bond acceptors (Lipinski definition) is 5. The van der Waals surface area contributed by atoms with Gasteiger partial charge in [-0.25, -0.2) is 9.97 Å². The maximum Gasteiger partial charge on any atom is 0.280 e. The molecule has 0 saturated heterocycles. The largest absolute Gasteiger partial charge is 0.427 e. The standard InChI is InChI=1S/C12H7Cl2N5O2/c13-3-8-6-19(21)11(9(4-15)17-8)18-12(20)7-1-2-10(14)16-5-7/h1-2,5-6,21H,3H2. The summed E-state index contributed by atoms with van der Waals surface area (Å²) in [6, 6.07) is 4.60. The number of hydrogen-bond donors (Lipinski definition) is 1. The second-order valence-corrected chi connectivity index (χ2v) is 4.44. The number of alkyl halides is 1. The highest BCUT2D eigenvalue weighted by molar-refractivity contribution is 6.29. The van der Waals surface area contributed by atoms with Crippen molar-refractivity contribution in [2.45, 2.75) is 5.88 Å². The van der Waals surface area contributed by atoms with Crippen LogP contribution in [0, 0.1) is 11.3 Å². The second kappa shape index (κ2) is 6.35. The molecule has 0 bridgehead atoms. The molecular formula is C12H7Cl2N5O2. The Morgan fingerprint density at radius 3 is 2.86 bits per heavy atom. The zero-order valence-corrected chi connectivity index (χ0v) is 11.9. The lowest BCUT2D eigenvalue weighted by Gasteiger charge is -2.02. The molecule has 0 fully saturated rings. The Labute approximate surface area is 128 Å². The minimum absolute atomic E-state index is 0.00453. The second-order valence-electron chi connectivity index (χ2n) is 3.78. The van der Waals surface area contributed by atoms with E-state index in [2.05, 4.69) is 15.0 Å². The van der Waals surface area contributed by atoms with Gasteiger partial charge in [0, 0.05) is 6.20 Å². The van der Waals surface area contributed by atoms with Crippen LogP contribution < -0.4 is 5.49 Å². The quantitative estimate of drug-likeness (QED) is 0.512. The molecule has 2 aromatic heterocycles. The first kappa shape index (κ1) is 15.0. The molecule has 0 atom stereocenters. The molecule has 2 heterocycles. The monoisotopic (exact) mass is 323 g/mol. The van der Waals surface area contributed by atoms with Gasteiger partial charge in [0.2, 0.25) is 5.49 Å². The van der Waals surface area contributed by atoms with Gasteiger partial charge in [-0.3, -0.25) is 4.79 Å².